The van der Waals surface area contributed by atoms with E-state index in [-0.39, 0.29) is 18.1 Å². The average molecular weight is 292 g/mol. The van der Waals surface area contributed by atoms with Gasteiger partial charge in [0, 0.05) is 5.69 Å². The lowest BCUT2D eigenvalue weighted by molar-refractivity contribution is -0.115. The molecular weight excluding hydrogens is 278 g/mol. The van der Waals surface area contributed by atoms with Gasteiger partial charge in [-0.3, -0.25) is 4.79 Å². The highest BCUT2D eigenvalue weighted by molar-refractivity contribution is 5.91. The van der Waals surface area contributed by atoms with Crippen LogP contribution in [-0.2, 0) is 11.2 Å². The fourth-order valence-corrected chi connectivity index (χ4v) is 1.77. The number of pyridine rings is 1. The third kappa shape index (κ3) is 4.83. The molecule has 4 nitrogen and oxygen atoms in total. The minimum absolute atomic E-state index is 0.0644. The van der Waals surface area contributed by atoms with Crippen LogP contribution in [0.3, 0.4) is 0 Å². The van der Waals surface area contributed by atoms with E-state index >= 15 is 0 Å². The van der Waals surface area contributed by atoms with Crippen molar-refractivity contribution in [1.82, 2.24) is 4.98 Å². The lowest BCUT2D eigenvalue weighted by atomic mass is 10.1. The molecule has 0 aliphatic heterocycles. The predicted molar refractivity (Wildman–Crippen MR) is 74.4 cm³/mol. The van der Waals surface area contributed by atoms with E-state index in [1.807, 2.05) is 13.0 Å². The number of alkyl halides is 2. The molecule has 21 heavy (non-hydrogen) atoms. The fraction of sp³-hybridized carbons (Fsp3) is 0.200. The monoisotopic (exact) mass is 292 g/mol. The maximum atomic E-state index is 12.0. The Morgan fingerprint density at radius 1 is 1.24 bits per heavy atom. The Morgan fingerprint density at radius 3 is 2.57 bits per heavy atom. The molecule has 0 unspecified atom stereocenters. The van der Waals surface area contributed by atoms with Crippen molar-refractivity contribution in [2.75, 3.05) is 5.32 Å². The Labute approximate surface area is 120 Å². The second-order valence-corrected chi connectivity index (χ2v) is 4.41. The molecule has 2 aromatic rings. The van der Waals surface area contributed by atoms with Crippen LogP contribution in [0.25, 0.3) is 0 Å². The van der Waals surface area contributed by atoms with Crippen molar-refractivity contribution in [3.63, 3.8) is 0 Å². The molecule has 0 bridgehead atoms. The molecule has 0 saturated heterocycles. The number of aryl methyl sites for hydroxylation is 1. The molecule has 1 aromatic carbocycles. The molecule has 0 spiro atoms. The fourth-order valence-electron chi connectivity index (χ4n) is 1.77. The van der Waals surface area contributed by atoms with Crippen LogP contribution in [0, 0.1) is 6.92 Å². The van der Waals surface area contributed by atoms with Crippen LogP contribution in [0.5, 0.6) is 5.75 Å². The number of aromatic nitrogens is 1. The molecular formula is C15H14F2N2O2. The average Bonchev–Trinajstić information content (AvgIpc) is 2.40. The van der Waals surface area contributed by atoms with E-state index in [4.69, 9.17) is 0 Å². The number of hydrogen-bond acceptors (Lipinski definition) is 3. The number of nitrogens with zero attached hydrogens (tertiary/aromatic N) is 1. The molecule has 1 aromatic heterocycles. The number of hydrogen-bond donors (Lipinski definition) is 1. The van der Waals surface area contributed by atoms with Crippen molar-refractivity contribution in [1.29, 1.82) is 0 Å². The standard InChI is InChI=1S/C15H14F2N2O2/c1-10-3-2-4-13(18-10)19-14(20)9-11-5-7-12(8-6-11)21-15(16)17/h2-8,15H,9H2,1H3,(H,18,19,20). The number of anilines is 1. The van der Waals surface area contributed by atoms with Gasteiger partial charge in [-0.2, -0.15) is 8.78 Å². The topological polar surface area (TPSA) is 51.2 Å². The summed E-state index contributed by atoms with van der Waals surface area (Å²) in [6.45, 7) is -1.02. The molecule has 110 valence electrons. The van der Waals surface area contributed by atoms with Gasteiger partial charge in [-0.15, -0.1) is 0 Å². The van der Waals surface area contributed by atoms with Gasteiger partial charge in [0.15, 0.2) is 0 Å². The van der Waals surface area contributed by atoms with Crippen molar-refractivity contribution in [3.05, 3.63) is 53.7 Å². The molecule has 2 rings (SSSR count). The zero-order valence-corrected chi connectivity index (χ0v) is 11.3. The van der Waals surface area contributed by atoms with E-state index in [2.05, 4.69) is 15.0 Å². The molecule has 0 aliphatic rings. The Hall–Kier alpha value is -2.50. The van der Waals surface area contributed by atoms with Crippen molar-refractivity contribution >= 4 is 11.7 Å². The number of halogens is 2. The van der Waals surface area contributed by atoms with Gasteiger partial charge in [0.25, 0.3) is 0 Å². The van der Waals surface area contributed by atoms with Crippen molar-refractivity contribution in [3.8, 4) is 5.75 Å². The Bertz CT molecular complexity index is 615. The minimum Gasteiger partial charge on any atom is -0.435 e. The molecule has 1 amide bonds. The van der Waals surface area contributed by atoms with Gasteiger partial charge < -0.3 is 10.1 Å². The minimum atomic E-state index is -2.86. The summed E-state index contributed by atoms with van der Waals surface area (Å²) in [6, 6.07) is 11.3. The van der Waals surface area contributed by atoms with E-state index in [1.54, 1.807) is 24.3 Å². The number of rotatable bonds is 5. The zero-order chi connectivity index (χ0) is 15.2. The quantitative estimate of drug-likeness (QED) is 0.921. The van der Waals surface area contributed by atoms with E-state index in [0.29, 0.717) is 11.4 Å². The summed E-state index contributed by atoms with van der Waals surface area (Å²) in [5.74, 6) is 0.322. The van der Waals surface area contributed by atoms with Crippen LogP contribution < -0.4 is 10.1 Å². The van der Waals surface area contributed by atoms with Crippen LogP contribution in [0.2, 0.25) is 0 Å². The first-order valence-corrected chi connectivity index (χ1v) is 6.30. The summed E-state index contributed by atoms with van der Waals surface area (Å²) >= 11 is 0. The zero-order valence-electron chi connectivity index (χ0n) is 11.3. The Morgan fingerprint density at radius 2 is 1.95 bits per heavy atom. The van der Waals surface area contributed by atoms with Gasteiger partial charge in [0.05, 0.1) is 6.42 Å². The van der Waals surface area contributed by atoms with Crippen molar-refractivity contribution in [2.45, 2.75) is 20.0 Å². The van der Waals surface area contributed by atoms with Gasteiger partial charge in [-0.1, -0.05) is 18.2 Å². The summed E-state index contributed by atoms with van der Waals surface area (Å²) in [4.78, 5) is 16.0. The first-order chi connectivity index (χ1) is 10.0. The second kappa shape index (κ2) is 6.78. The maximum absolute atomic E-state index is 12.0. The number of ether oxygens (including phenoxy) is 1. The molecule has 6 heteroatoms. The summed E-state index contributed by atoms with van der Waals surface area (Å²) in [7, 11) is 0. The maximum Gasteiger partial charge on any atom is 0.387 e. The van der Waals surface area contributed by atoms with Crippen molar-refractivity contribution in [2.24, 2.45) is 0 Å². The van der Waals surface area contributed by atoms with Crippen LogP contribution in [0.4, 0.5) is 14.6 Å². The highest BCUT2D eigenvalue weighted by atomic mass is 19.3. The molecule has 0 radical (unpaired) electrons. The lowest BCUT2D eigenvalue weighted by Crippen LogP contribution is -2.15. The van der Waals surface area contributed by atoms with Crippen LogP contribution in [-0.4, -0.2) is 17.5 Å². The number of carbonyl (C=O) groups excluding carboxylic acids is 1. The van der Waals surface area contributed by atoms with E-state index < -0.39 is 6.61 Å². The molecule has 0 aliphatic carbocycles. The second-order valence-electron chi connectivity index (χ2n) is 4.41. The molecule has 0 saturated carbocycles. The first kappa shape index (κ1) is 14.9. The van der Waals surface area contributed by atoms with E-state index in [0.717, 1.165) is 5.69 Å². The summed E-state index contributed by atoms with van der Waals surface area (Å²) in [6.07, 6.45) is 0.130. The van der Waals surface area contributed by atoms with Crippen LogP contribution in [0.1, 0.15) is 11.3 Å². The van der Waals surface area contributed by atoms with Gasteiger partial charge in [-0.25, -0.2) is 4.98 Å². The van der Waals surface area contributed by atoms with E-state index in [9.17, 15) is 13.6 Å². The largest absolute Gasteiger partial charge is 0.435 e. The van der Waals surface area contributed by atoms with Gasteiger partial charge in [0.2, 0.25) is 5.91 Å². The number of benzene rings is 1. The van der Waals surface area contributed by atoms with Crippen LogP contribution in [0.15, 0.2) is 42.5 Å². The number of carbonyl (C=O) groups is 1. The number of nitrogens with one attached hydrogen (secondary N) is 1. The van der Waals surface area contributed by atoms with Gasteiger partial charge >= 0.3 is 6.61 Å². The lowest BCUT2D eigenvalue weighted by Gasteiger charge is -2.07. The number of amides is 1. The van der Waals surface area contributed by atoms with Gasteiger partial charge in [-0.05, 0) is 36.8 Å². The molecule has 0 fully saturated rings. The van der Waals surface area contributed by atoms with E-state index in [1.165, 1.54) is 12.1 Å². The first-order valence-electron chi connectivity index (χ1n) is 6.30. The normalized spacial score (nSPS) is 10.5. The smallest absolute Gasteiger partial charge is 0.387 e. The third-order valence-corrected chi connectivity index (χ3v) is 2.67. The Balaban J connectivity index is 1.93. The summed E-state index contributed by atoms with van der Waals surface area (Å²) < 4.78 is 28.3. The molecule has 0 atom stereocenters. The van der Waals surface area contributed by atoms with Gasteiger partial charge in [0.1, 0.15) is 11.6 Å². The molecule has 1 N–H and O–H groups in total. The SMILES string of the molecule is Cc1cccc(NC(=O)Cc2ccc(OC(F)F)cc2)n1. The predicted octanol–water partition coefficient (Wildman–Crippen LogP) is 3.17. The summed E-state index contributed by atoms with van der Waals surface area (Å²) in [5, 5.41) is 2.68. The highest BCUT2D eigenvalue weighted by Gasteiger charge is 2.07. The van der Waals surface area contributed by atoms with Crippen LogP contribution >= 0.6 is 0 Å². The highest BCUT2D eigenvalue weighted by Crippen LogP contribution is 2.15. The summed E-state index contributed by atoms with van der Waals surface area (Å²) in [5.41, 5.74) is 1.50. The third-order valence-electron chi connectivity index (χ3n) is 2.67. The molecule has 1 heterocycles. The Kier molecular flexibility index (Phi) is 4.81. The van der Waals surface area contributed by atoms with Crippen molar-refractivity contribution < 1.29 is 18.3 Å².